The van der Waals surface area contributed by atoms with Crippen molar-refractivity contribution in [1.29, 1.82) is 0 Å². The van der Waals surface area contributed by atoms with Crippen LogP contribution in [0.25, 0.3) is 0 Å². The number of hydrogen-bond donors (Lipinski definition) is 2. The SMILES string of the molecule is CCC(CC)n1ccc(CC(NN)C(C)(C)N(C)C)n1. The van der Waals surface area contributed by atoms with Gasteiger partial charge >= 0.3 is 0 Å². The third-order valence-electron chi connectivity index (χ3n) is 4.60. The van der Waals surface area contributed by atoms with Gasteiger partial charge in [0.05, 0.1) is 11.7 Å². The van der Waals surface area contributed by atoms with Crippen LogP contribution in [0.2, 0.25) is 0 Å². The number of aromatic nitrogens is 2. The quantitative estimate of drug-likeness (QED) is 0.565. The highest BCUT2D eigenvalue weighted by molar-refractivity contribution is 5.06. The maximum atomic E-state index is 5.75. The summed E-state index contributed by atoms with van der Waals surface area (Å²) >= 11 is 0. The van der Waals surface area contributed by atoms with Crippen molar-refractivity contribution in [1.82, 2.24) is 20.1 Å². The van der Waals surface area contributed by atoms with Crippen LogP contribution in [-0.2, 0) is 6.42 Å². The van der Waals surface area contributed by atoms with Crippen molar-refractivity contribution in [3.05, 3.63) is 18.0 Å². The molecule has 0 fully saturated rings. The van der Waals surface area contributed by atoms with E-state index < -0.39 is 0 Å². The predicted octanol–water partition coefficient (Wildman–Crippen LogP) is 1.96. The standard InChI is InChI=1S/C15H31N5/c1-7-13(8-2)20-10-9-12(18-20)11-14(17-16)15(3,4)19(5)6/h9-10,13-14,17H,7-8,11,16H2,1-6H3. The minimum absolute atomic E-state index is 0.0343. The molecule has 0 aliphatic rings. The summed E-state index contributed by atoms with van der Waals surface area (Å²) < 4.78 is 2.09. The van der Waals surface area contributed by atoms with Crippen LogP contribution in [0.3, 0.4) is 0 Å². The monoisotopic (exact) mass is 281 g/mol. The minimum Gasteiger partial charge on any atom is -0.303 e. The maximum Gasteiger partial charge on any atom is 0.0641 e. The van der Waals surface area contributed by atoms with Crippen LogP contribution in [0.1, 0.15) is 52.3 Å². The number of rotatable bonds is 8. The van der Waals surface area contributed by atoms with Crippen LogP contribution in [0.5, 0.6) is 0 Å². The van der Waals surface area contributed by atoms with Gasteiger partial charge in [0.25, 0.3) is 0 Å². The van der Waals surface area contributed by atoms with Crippen molar-refractivity contribution in [2.24, 2.45) is 5.84 Å². The molecule has 0 saturated carbocycles. The summed E-state index contributed by atoms with van der Waals surface area (Å²) in [6, 6.07) is 2.76. The summed E-state index contributed by atoms with van der Waals surface area (Å²) in [5, 5.41) is 4.72. The molecule has 1 aromatic heterocycles. The number of hydrogen-bond acceptors (Lipinski definition) is 4. The second-order valence-corrected chi connectivity index (χ2v) is 6.23. The Bertz CT molecular complexity index is 393. The van der Waals surface area contributed by atoms with Crippen molar-refractivity contribution in [2.45, 2.75) is 64.6 Å². The molecule has 5 nitrogen and oxygen atoms in total. The molecule has 1 atom stereocenters. The number of hydrazine groups is 1. The van der Waals surface area contributed by atoms with Crippen molar-refractivity contribution in [3.8, 4) is 0 Å². The van der Waals surface area contributed by atoms with Gasteiger partial charge in [-0.3, -0.25) is 16.0 Å². The largest absolute Gasteiger partial charge is 0.303 e. The molecule has 20 heavy (non-hydrogen) atoms. The lowest BCUT2D eigenvalue weighted by Gasteiger charge is -2.39. The lowest BCUT2D eigenvalue weighted by molar-refractivity contribution is 0.136. The van der Waals surface area contributed by atoms with E-state index in [9.17, 15) is 0 Å². The van der Waals surface area contributed by atoms with Crippen molar-refractivity contribution in [2.75, 3.05) is 14.1 Å². The number of likely N-dealkylation sites (N-methyl/N-ethyl adjacent to an activating group) is 1. The van der Waals surface area contributed by atoms with E-state index in [1.807, 2.05) is 0 Å². The molecule has 0 saturated heterocycles. The Hall–Kier alpha value is -0.910. The van der Waals surface area contributed by atoms with Gasteiger partial charge < -0.3 is 4.90 Å². The Balaban J connectivity index is 2.81. The van der Waals surface area contributed by atoms with E-state index in [4.69, 9.17) is 10.9 Å². The van der Waals surface area contributed by atoms with Crippen LogP contribution in [-0.4, -0.2) is 40.4 Å². The topological polar surface area (TPSA) is 59.1 Å². The molecule has 0 spiro atoms. The molecule has 116 valence electrons. The Labute approximate surface area is 123 Å². The fraction of sp³-hybridized carbons (Fsp3) is 0.800. The Morgan fingerprint density at radius 2 is 1.95 bits per heavy atom. The first kappa shape index (κ1) is 17.1. The molecule has 3 N–H and O–H groups in total. The summed E-state index contributed by atoms with van der Waals surface area (Å²) in [4.78, 5) is 2.19. The highest BCUT2D eigenvalue weighted by Gasteiger charge is 2.31. The van der Waals surface area contributed by atoms with Crippen molar-refractivity contribution < 1.29 is 0 Å². The molecule has 1 heterocycles. The van der Waals surface area contributed by atoms with E-state index in [1.165, 1.54) is 0 Å². The highest BCUT2D eigenvalue weighted by atomic mass is 15.3. The number of nitrogens with zero attached hydrogens (tertiary/aromatic N) is 3. The molecule has 1 unspecified atom stereocenters. The molecule has 0 amide bonds. The molecule has 5 heteroatoms. The van der Waals surface area contributed by atoms with Crippen LogP contribution in [0, 0.1) is 0 Å². The zero-order valence-electron chi connectivity index (χ0n) is 13.8. The third kappa shape index (κ3) is 3.81. The van der Waals surface area contributed by atoms with Gasteiger partial charge in [0.1, 0.15) is 0 Å². The van der Waals surface area contributed by atoms with E-state index >= 15 is 0 Å². The van der Waals surface area contributed by atoms with Crippen LogP contribution < -0.4 is 11.3 Å². The average molecular weight is 281 g/mol. The van der Waals surface area contributed by atoms with E-state index in [0.717, 1.165) is 25.0 Å². The summed E-state index contributed by atoms with van der Waals surface area (Å²) in [5.74, 6) is 5.75. The Morgan fingerprint density at radius 3 is 2.40 bits per heavy atom. The molecule has 0 aliphatic carbocycles. The lowest BCUT2D eigenvalue weighted by Crippen LogP contribution is -2.58. The molecule has 1 rings (SSSR count). The molecular formula is C15H31N5. The highest BCUT2D eigenvalue weighted by Crippen LogP contribution is 2.20. The second kappa shape index (κ2) is 7.20. The van der Waals surface area contributed by atoms with Gasteiger partial charge in [-0.25, -0.2) is 0 Å². The first-order chi connectivity index (χ1) is 9.36. The molecule has 0 aliphatic heterocycles. The zero-order chi connectivity index (χ0) is 15.3. The predicted molar refractivity (Wildman–Crippen MR) is 84.4 cm³/mol. The van der Waals surface area contributed by atoms with E-state index in [2.05, 4.69) is 69.1 Å². The van der Waals surface area contributed by atoms with Gasteiger partial charge in [-0.05, 0) is 46.9 Å². The molecule has 1 aromatic rings. The van der Waals surface area contributed by atoms with E-state index in [0.29, 0.717) is 6.04 Å². The fourth-order valence-corrected chi connectivity index (χ4v) is 2.39. The smallest absolute Gasteiger partial charge is 0.0641 e. The van der Waals surface area contributed by atoms with Gasteiger partial charge in [-0.1, -0.05) is 13.8 Å². The van der Waals surface area contributed by atoms with Crippen molar-refractivity contribution in [3.63, 3.8) is 0 Å². The molecule has 0 aromatic carbocycles. The Kier molecular flexibility index (Phi) is 6.17. The zero-order valence-corrected chi connectivity index (χ0v) is 13.8. The molecule has 0 radical (unpaired) electrons. The maximum absolute atomic E-state index is 5.75. The van der Waals surface area contributed by atoms with Crippen LogP contribution in [0.4, 0.5) is 0 Å². The first-order valence-corrected chi connectivity index (χ1v) is 7.54. The average Bonchev–Trinajstić information content (AvgIpc) is 2.85. The molecule has 0 bridgehead atoms. The van der Waals surface area contributed by atoms with Gasteiger partial charge in [-0.15, -0.1) is 0 Å². The van der Waals surface area contributed by atoms with E-state index in [-0.39, 0.29) is 11.6 Å². The van der Waals surface area contributed by atoms with Gasteiger partial charge in [0, 0.05) is 24.2 Å². The Morgan fingerprint density at radius 1 is 1.35 bits per heavy atom. The summed E-state index contributed by atoms with van der Waals surface area (Å²) in [7, 11) is 4.15. The number of nitrogens with two attached hydrogens (primary N) is 1. The third-order valence-corrected chi connectivity index (χ3v) is 4.60. The van der Waals surface area contributed by atoms with Crippen LogP contribution in [0.15, 0.2) is 12.3 Å². The number of nitrogens with one attached hydrogen (secondary N) is 1. The summed E-state index contributed by atoms with van der Waals surface area (Å²) in [6.07, 6.45) is 5.14. The second-order valence-electron chi connectivity index (χ2n) is 6.23. The van der Waals surface area contributed by atoms with Crippen molar-refractivity contribution >= 4 is 0 Å². The normalized spacial score (nSPS) is 14.2. The lowest BCUT2D eigenvalue weighted by atomic mass is 9.90. The van der Waals surface area contributed by atoms with Crippen LogP contribution >= 0.6 is 0 Å². The first-order valence-electron chi connectivity index (χ1n) is 7.54. The summed E-state index contributed by atoms with van der Waals surface area (Å²) in [6.45, 7) is 8.79. The van der Waals surface area contributed by atoms with Gasteiger partial charge in [0.15, 0.2) is 0 Å². The van der Waals surface area contributed by atoms with Gasteiger partial charge in [0.2, 0.25) is 0 Å². The summed E-state index contributed by atoms with van der Waals surface area (Å²) in [5.41, 5.74) is 4.01. The van der Waals surface area contributed by atoms with Gasteiger partial charge in [-0.2, -0.15) is 5.10 Å². The van der Waals surface area contributed by atoms with E-state index in [1.54, 1.807) is 0 Å². The fourth-order valence-electron chi connectivity index (χ4n) is 2.39. The molecular weight excluding hydrogens is 250 g/mol. The minimum atomic E-state index is -0.0343.